The zero-order valence-corrected chi connectivity index (χ0v) is 18.5. The maximum atomic E-state index is 10.4. The van der Waals surface area contributed by atoms with Crippen molar-refractivity contribution in [2.45, 2.75) is 45.6 Å². The molecule has 1 aromatic rings. The number of nitrogens with zero attached hydrogens (tertiary/aromatic N) is 1. The Bertz CT molecular complexity index is 498. The lowest BCUT2D eigenvalue weighted by molar-refractivity contribution is 0.187. The minimum absolute atomic E-state index is 0. The summed E-state index contributed by atoms with van der Waals surface area (Å²) in [5.74, 6) is 0.721. The van der Waals surface area contributed by atoms with E-state index < -0.39 is 6.10 Å². The predicted octanol–water partition coefficient (Wildman–Crippen LogP) is 3.23. The molecule has 0 bridgehead atoms. The van der Waals surface area contributed by atoms with Crippen molar-refractivity contribution in [1.29, 1.82) is 0 Å². The summed E-state index contributed by atoms with van der Waals surface area (Å²) in [5.41, 5.74) is 2.27. The molecule has 0 saturated heterocycles. The standard InChI is InChI=1S/C19H33N3O2.HI/c1-6-20-18(21-12-7-13-24-5)22-14-17(23)15-8-10-16(11-9-15)19(2,3)4;/h8-11,17,23H,6-7,12-14H2,1-5H3,(H2,20,21,22);1H. The average Bonchev–Trinajstić information content (AvgIpc) is 2.55. The third-order valence-corrected chi connectivity index (χ3v) is 3.75. The van der Waals surface area contributed by atoms with Gasteiger partial charge in [-0.25, -0.2) is 0 Å². The lowest BCUT2D eigenvalue weighted by Crippen LogP contribution is -2.38. The number of benzene rings is 1. The fourth-order valence-corrected chi connectivity index (χ4v) is 2.25. The Labute approximate surface area is 169 Å². The molecule has 0 radical (unpaired) electrons. The number of nitrogens with one attached hydrogen (secondary N) is 2. The first kappa shape index (κ1) is 24.1. The van der Waals surface area contributed by atoms with E-state index in [1.54, 1.807) is 7.11 Å². The molecule has 0 amide bonds. The summed E-state index contributed by atoms with van der Waals surface area (Å²) in [4.78, 5) is 4.46. The number of aliphatic hydroxyl groups excluding tert-OH is 1. The summed E-state index contributed by atoms with van der Waals surface area (Å²) in [6, 6.07) is 8.13. The van der Waals surface area contributed by atoms with E-state index >= 15 is 0 Å². The molecule has 1 atom stereocenters. The number of hydrogen-bond donors (Lipinski definition) is 3. The molecule has 6 heteroatoms. The van der Waals surface area contributed by atoms with E-state index in [9.17, 15) is 5.11 Å². The van der Waals surface area contributed by atoms with Crippen LogP contribution >= 0.6 is 24.0 Å². The lowest BCUT2D eigenvalue weighted by Gasteiger charge is -2.20. The average molecular weight is 463 g/mol. The molecule has 0 heterocycles. The topological polar surface area (TPSA) is 65.9 Å². The molecule has 0 aliphatic heterocycles. The molecule has 3 N–H and O–H groups in total. The van der Waals surface area contributed by atoms with Crippen LogP contribution < -0.4 is 10.6 Å². The van der Waals surface area contributed by atoms with E-state index in [4.69, 9.17) is 4.74 Å². The number of aliphatic imine (C=N–C) groups is 1. The Morgan fingerprint density at radius 2 is 1.84 bits per heavy atom. The summed E-state index contributed by atoms with van der Waals surface area (Å²) in [7, 11) is 1.70. The highest BCUT2D eigenvalue weighted by Gasteiger charge is 2.14. The van der Waals surface area contributed by atoms with Crippen LogP contribution in [0.3, 0.4) is 0 Å². The largest absolute Gasteiger partial charge is 0.386 e. The van der Waals surface area contributed by atoms with Crippen LogP contribution in [0.1, 0.15) is 51.3 Å². The van der Waals surface area contributed by atoms with Gasteiger partial charge in [0.1, 0.15) is 0 Å². The lowest BCUT2D eigenvalue weighted by atomic mass is 9.86. The van der Waals surface area contributed by atoms with Gasteiger partial charge in [-0.1, -0.05) is 45.0 Å². The molecule has 0 aliphatic carbocycles. The molecule has 0 aromatic heterocycles. The van der Waals surface area contributed by atoms with Crippen LogP contribution in [0.5, 0.6) is 0 Å². The Hall–Kier alpha value is -0.860. The number of rotatable bonds is 8. The van der Waals surface area contributed by atoms with Crippen LogP contribution in [0.15, 0.2) is 29.3 Å². The SMILES string of the molecule is CCNC(=NCC(O)c1ccc(C(C)(C)C)cc1)NCCCOC.I. The molecule has 1 rings (SSSR count). The normalized spacial score (nSPS) is 13.1. The Morgan fingerprint density at radius 1 is 1.20 bits per heavy atom. The molecular weight excluding hydrogens is 429 g/mol. The highest BCUT2D eigenvalue weighted by atomic mass is 127. The minimum Gasteiger partial charge on any atom is -0.386 e. The summed E-state index contributed by atoms with van der Waals surface area (Å²) >= 11 is 0. The Morgan fingerprint density at radius 3 is 2.36 bits per heavy atom. The zero-order valence-electron chi connectivity index (χ0n) is 16.1. The molecule has 5 nitrogen and oxygen atoms in total. The first-order chi connectivity index (χ1) is 11.4. The third kappa shape index (κ3) is 9.42. The molecule has 0 saturated carbocycles. The summed E-state index contributed by atoms with van der Waals surface area (Å²) < 4.78 is 5.03. The number of guanidine groups is 1. The quantitative estimate of drug-likeness (QED) is 0.240. The molecule has 0 fully saturated rings. The number of methoxy groups -OCH3 is 1. The van der Waals surface area contributed by atoms with Crippen molar-refractivity contribution in [3.63, 3.8) is 0 Å². The van der Waals surface area contributed by atoms with Crippen molar-refractivity contribution in [3.05, 3.63) is 35.4 Å². The van der Waals surface area contributed by atoms with Crippen LogP contribution in [0, 0.1) is 0 Å². The van der Waals surface area contributed by atoms with E-state index in [1.165, 1.54) is 5.56 Å². The van der Waals surface area contributed by atoms with Gasteiger partial charge >= 0.3 is 0 Å². The van der Waals surface area contributed by atoms with E-state index in [0.29, 0.717) is 6.54 Å². The molecule has 1 unspecified atom stereocenters. The van der Waals surface area contributed by atoms with Crippen molar-refractivity contribution < 1.29 is 9.84 Å². The molecule has 25 heavy (non-hydrogen) atoms. The van der Waals surface area contributed by atoms with Gasteiger partial charge in [-0.3, -0.25) is 4.99 Å². The molecule has 0 spiro atoms. The number of ether oxygens (including phenoxy) is 1. The van der Waals surface area contributed by atoms with E-state index in [0.717, 1.165) is 37.6 Å². The minimum atomic E-state index is -0.603. The van der Waals surface area contributed by atoms with Crippen molar-refractivity contribution in [1.82, 2.24) is 10.6 Å². The van der Waals surface area contributed by atoms with Gasteiger partial charge in [0.05, 0.1) is 12.6 Å². The predicted molar refractivity (Wildman–Crippen MR) is 116 cm³/mol. The molecule has 1 aromatic carbocycles. The van der Waals surface area contributed by atoms with Crippen molar-refractivity contribution in [3.8, 4) is 0 Å². The number of hydrogen-bond acceptors (Lipinski definition) is 3. The second kappa shape index (κ2) is 12.5. The van der Waals surface area contributed by atoms with Crippen LogP contribution in [-0.4, -0.2) is 44.4 Å². The molecule has 0 aliphatic rings. The zero-order chi connectivity index (χ0) is 18.0. The van der Waals surface area contributed by atoms with Gasteiger partial charge in [0.2, 0.25) is 0 Å². The van der Waals surface area contributed by atoms with Gasteiger partial charge in [0.15, 0.2) is 5.96 Å². The summed E-state index contributed by atoms with van der Waals surface area (Å²) in [6.07, 6.45) is 0.311. The van der Waals surface area contributed by atoms with Crippen LogP contribution in [0.4, 0.5) is 0 Å². The van der Waals surface area contributed by atoms with E-state index in [1.807, 2.05) is 19.1 Å². The smallest absolute Gasteiger partial charge is 0.191 e. The highest BCUT2D eigenvalue weighted by molar-refractivity contribution is 14.0. The van der Waals surface area contributed by atoms with Crippen molar-refractivity contribution in [2.75, 3.05) is 33.4 Å². The highest BCUT2D eigenvalue weighted by Crippen LogP contribution is 2.24. The van der Waals surface area contributed by atoms with Gasteiger partial charge in [-0.15, -0.1) is 24.0 Å². The van der Waals surface area contributed by atoms with Gasteiger partial charge < -0.3 is 20.5 Å². The Balaban J connectivity index is 0.00000576. The summed E-state index contributed by atoms with van der Waals surface area (Å²) in [5, 5.41) is 16.8. The van der Waals surface area contributed by atoms with Gasteiger partial charge in [-0.2, -0.15) is 0 Å². The molecule has 144 valence electrons. The van der Waals surface area contributed by atoms with E-state index in [2.05, 4.69) is 48.5 Å². The fraction of sp³-hybridized carbons (Fsp3) is 0.632. The first-order valence-electron chi connectivity index (χ1n) is 8.68. The Kier molecular flexibility index (Phi) is 12.1. The van der Waals surface area contributed by atoms with Crippen molar-refractivity contribution >= 4 is 29.9 Å². The van der Waals surface area contributed by atoms with Gasteiger partial charge in [0, 0.05) is 26.8 Å². The summed E-state index contributed by atoms with van der Waals surface area (Å²) in [6.45, 7) is 11.2. The maximum absolute atomic E-state index is 10.4. The first-order valence-corrected chi connectivity index (χ1v) is 8.68. The van der Waals surface area contributed by atoms with Gasteiger partial charge in [-0.05, 0) is 29.9 Å². The second-order valence-corrected chi connectivity index (χ2v) is 6.88. The maximum Gasteiger partial charge on any atom is 0.191 e. The number of aliphatic hydroxyl groups is 1. The van der Waals surface area contributed by atoms with E-state index in [-0.39, 0.29) is 29.4 Å². The monoisotopic (exact) mass is 463 g/mol. The third-order valence-electron chi connectivity index (χ3n) is 3.75. The molecular formula is C19H34IN3O2. The fourth-order valence-electron chi connectivity index (χ4n) is 2.25. The second-order valence-electron chi connectivity index (χ2n) is 6.88. The van der Waals surface area contributed by atoms with Crippen molar-refractivity contribution in [2.24, 2.45) is 4.99 Å². The number of halogens is 1. The van der Waals surface area contributed by atoms with Crippen LogP contribution in [0.25, 0.3) is 0 Å². The van der Waals surface area contributed by atoms with Crippen LogP contribution in [-0.2, 0) is 10.2 Å². The van der Waals surface area contributed by atoms with Gasteiger partial charge in [0.25, 0.3) is 0 Å². The van der Waals surface area contributed by atoms with Crippen LogP contribution in [0.2, 0.25) is 0 Å².